The summed E-state index contributed by atoms with van der Waals surface area (Å²) >= 11 is 0. The van der Waals surface area contributed by atoms with Gasteiger partial charge in [0.2, 0.25) is 0 Å². The second-order valence-electron chi connectivity index (χ2n) is 6.10. The van der Waals surface area contributed by atoms with Crippen LogP contribution in [0.2, 0.25) is 12.1 Å². The summed E-state index contributed by atoms with van der Waals surface area (Å²) in [6, 6.07) is 22.0. The molecule has 0 bridgehead atoms. The number of para-hydroxylation sites is 2. The fourth-order valence-electron chi connectivity index (χ4n) is 2.79. The van der Waals surface area contributed by atoms with Crippen molar-refractivity contribution in [3.63, 3.8) is 0 Å². The first-order valence-corrected chi connectivity index (χ1v) is 11.2. The van der Waals surface area contributed by atoms with E-state index < -0.39 is 8.56 Å². The van der Waals surface area contributed by atoms with Gasteiger partial charge in [-0.3, -0.25) is 0 Å². The molecule has 0 saturated carbocycles. The summed E-state index contributed by atoms with van der Waals surface area (Å²) in [6.45, 7) is 7.69. The molecule has 2 aromatic rings. The van der Waals surface area contributed by atoms with E-state index in [2.05, 4.69) is 13.2 Å². The second kappa shape index (κ2) is 10.6. The normalized spacial score (nSPS) is 10.9. The van der Waals surface area contributed by atoms with Crippen LogP contribution in [0.3, 0.4) is 0 Å². The fraction of sp³-hybridized carbons (Fsp3) is 0.273. The summed E-state index contributed by atoms with van der Waals surface area (Å²) in [4.78, 5) is 0. The molecule has 2 aromatic carbocycles. The first kappa shape index (κ1) is 19.1. The zero-order chi connectivity index (χ0) is 17.8. The Morgan fingerprint density at radius 1 is 0.680 bits per heavy atom. The van der Waals surface area contributed by atoms with Gasteiger partial charge >= 0.3 is 8.56 Å². The zero-order valence-corrected chi connectivity index (χ0v) is 15.9. The van der Waals surface area contributed by atoms with E-state index in [0.29, 0.717) is 0 Å². The number of hydrogen-bond acceptors (Lipinski definition) is 2. The molecule has 25 heavy (non-hydrogen) atoms. The van der Waals surface area contributed by atoms with Gasteiger partial charge in [0.1, 0.15) is 11.5 Å². The smallest absolute Gasteiger partial charge is 0.460 e. The molecule has 0 radical (unpaired) electrons. The molecule has 0 unspecified atom stereocenters. The third-order valence-corrected chi connectivity index (χ3v) is 7.47. The van der Waals surface area contributed by atoms with Gasteiger partial charge < -0.3 is 8.85 Å². The van der Waals surface area contributed by atoms with Crippen molar-refractivity contribution in [3.8, 4) is 11.5 Å². The van der Waals surface area contributed by atoms with Crippen molar-refractivity contribution in [2.75, 3.05) is 0 Å². The average molecular weight is 353 g/mol. The number of allylic oxidation sites excluding steroid dienone is 2. The van der Waals surface area contributed by atoms with Crippen LogP contribution in [0.4, 0.5) is 0 Å². The van der Waals surface area contributed by atoms with Crippen molar-refractivity contribution in [1.82, 2.24) is 0 Å². The number of unbranched alkanes of at least 4 members (excludes halogenated alkanes) is 2. The SMILES string of the molecule is C=CCCC[Si](CCCC=C)(Oc1ccccc1)Oc1ccccc1. The summed E-state index contributed by atoms with van der Waals surface area (Å²) < 4.78 is 13.1. The van der Waals surface area contributed by atoms with Gasteiger partial charge in [-0.1, -0.05) is 48.6 Å². The predicted octanol–water partition coefficient (Wildman–Crippen LogP) is 6.52. The maximum Gasteiger partial charge on any atom is 0.460 e. The van der Waals surface area contributed by atoms with Gasteiger partial charge in [-0.2, -0.15) is 0 Å². The van der Waals surface area contributed by atoms with Gasteiger partial charge in [0.05, 0.1) is 0 Å². The first-order valence-electron chi connectivity index (χ1n) is 8.98. The van der Waals surface area contributed by atoms with Crippen LogP contribution in [0.5, 0.6) is 11.5 Å². The lowest BCUT2D eigenvalue weighted by molar-refractivity contribution is 0.373. The number of rotatable bonds is 12. The van der Waals surface area contributed by atoms with E-state index >= 15 is 0 Å². The Hall–Kier alpha value is -2.26. The van der Waals surface area contributed by atoms with Crippen LogP contribution in [-0.4, -0.2) is 8.56 Å². The fourth-order valence-corrected chi connectivity index (χ4v) is 6.10. The summed E-state index contributed by atoms with van der Waals surface area (Å²) in [6.07, 6.45) is 7.95. The maximum absolute atomic E-state index is 6.55. The lowest BCUT2D eigenvalue weighted by Crippen LogP contribution is -2.48. The largest absolute Gasteiger partial charge is 0.512 e. The van der Waals surface area contributed by atoms with E-state index in [1.807, 2.05) is 72.8 Å². The van der Waals surface area contributed by atoms with Crippen molar-refractivity contribution in [1.29, 1.82) is 0 Å². The Morgan fingerprint density at radius 2 is 1.08 bits per heavy atom. The molecule has 2 rings (SSSR count). The Kier molecular flexibility index (Phi) is 8.06. The van der Waals surface area contributed by atoms with Gasteiger partial charge in [-0.05, 0) is 49.9 Å². The van der Waals surface area contributed by atoms with E-state index in [4.69, 9.17) is 8.85 Å². The maximum atomic E-state index is 6.55. The summed E-state index contributed by atoms with van der Waals surface area (Å²) in [5.41, 5.74) is 0. The molecule has 0 aliphatic heterocycles. The van der Waals surface area contributed by atoms with Gasteiger partial charge in [-0.25, -0.2) is 0 Å². The van der Waals surface area contributed by atoms with Gasteiger partial charge in [-0.15, -0.1) is 13.2 Å². The van der Waals surface area contributed by atoms with Crippen molar-refractivity contribution >= 4 is 8.56 Å². The molecule has 0 spiro atoms. The quantitative estimate of drug-likeness (QED) is 0.246. The lowest BCUT2D eigenvalue weighted by Gasteiger charge is -2.32. The third kappa shape index (κ3) is 6.63. The molecule has 0 aliphatic carbocycles. The highest BCUT2D eigenvalue weighted by Crippen LogP contribution is 2.29. The molecule has 132 valence electrons. The van der Waals surface area contributed by atoms with Crippen molar-refractivity contribution in [2.45, 2.75) is 37.8 Å². The first-order chi connectivity index (χ1) is 12.3. The molecular weight excluding hydrogens is 324 g/mol. The van der Waals surface area contributed by atoms with Gasteiger partial charge in [0, 0.05) is 12.1 Å². The minimum Gasteiger partial charge on any atom is -0.512 e. The van der Waals surface area contributed by atoms with Crippen LogP contribution in [-0.2, 0) is 0 Å². The lowest BCUT2D eigenvalue weighted by atomic mass is 10.3. The second-order valence-corrected chi connectivity index (χ2v) is 9.33. The van der Waals surface area contributed by atoms with Crippen LogP contribution in [0.25, 0.3) is 0 Å². The highest BCUT2D eigenvalue weighted by Gasteiger charge is 2.41. The van der Waals surface area contributed by atoms with Crippen LogP contribution in [0, 0.1) is 0 Å². The van der Waals surface area contributed by atoms with E-state index in [0.717, 1.165) is 49.3 Å². The molecule has 3 heteroatoms. The summed E-state index contributed by atoms with van der Waals surface area (Å²) in [7, 11) is -2.45. The van der Waals surface area contributed by atoms with Crippen LogP contribution in [0.1, 0.15) is 25.7 Å². The monoisotopic (exact) mass is 352 g/mol. The Labute approximate surface area is 153 Å². The van der Waals surface area contributed by atoms with E-state index in [9.17, 15) is 0 Å². The van der Waals surface area contributed by atoms with Gasteiger partial charge in [0.25, 0.3) is 0 Å². The van der Waals surface area contributed by atoms with Crippen molar-refractivity contribution in [2.24, 2.45) is 0 Å². The topological polar surface area (TPSA) is 18.5 Å². The highest BCUT2D eigenvalue weighted by atomic mass is 28.4. The minimum absolute atomic E-state index is 0.891. The molecule has 0 N–H and O–H groups in total. The van der Waals surface area contributed by atoms with Gasteiger partial charge in [0.15, 0.2) is 0 Å². The standard InChI is InChI=1S/C22H28O2Si/c1-3-5-13-19-25(20-14-6-4-2,23-21-15-9-7-10-16-21)24-22-17-11-8-12-18-22/h3-4,7-12,15-18H,1-2,5-6,13-14,19-20H2. The third-order valence-electron chi connectivity index (χ3n) is 4.03. The average Bonchev–Trinajstić information content (AvgIpc) is 2.64. The molecule has 2 nitrogen and oxygen atoms in total. The van der Waals surface area contributed by atoms with E-state index in [-0.39, 0.29) is 0 Å². The van der Waals surface area contributed by atoms with Crippen LogP contribution < -0.4 is 8.85 Å². The Bertz CT molecular complexity index is 567. The molecule has 0 amide bonds. The summed E-state index contributed by atoms with van der Waals surface area (Å²) in [5.74, 6) is 1.78. The molecule has 0 fully saturated rings. The van der Waals surface area contributed by atoms with Crippen LogP contribution >= 0.6 is 0 Å². The molecule has 0 aliphatic rings. The molecule has 0 aromatic heterocycles. The Balaban J connectivity index is 2.24. The number of hydrogen-bond donors (Lipinski definition) is 0. The van der Waals surface area contributed by atoms with Crippen molar-refractivity contribution < 1.29 is 8.85 Å². The molecule has 0 heterocycles. The Morgan fingerprint density at radius 3 is 1.44 bits per heavy atom. The minimum atomic E-state index is -2.45. The molecule has 0 atom stereocenters. The number of benzene rings is 2. The predicted molar refractivity (Wildman–Crippen MR) is 108 cm³/mol. The highest BCUT2D eigenvalue weighted by molar-refractivity contribution is 6.68. The zero-order valence-electron chi connectivity index (χ0n) is 14.9. The molecule has 0 saturated heterocycles. The molecular formula is C22H28O2Si. The summed E-state index contributed by atoms with van der Waals surface area (Å²) in [5, 5.41) is 0. The van der Waals surface area contributed by atoms with E-state index in [1.165, 1.54) is 0 Å². The van der Waals surface area contributed by atoms with Crippen LogP contribution in [0.15, 0.2) is 86.0 Å². The van der Waals surface area contributed by atoms with Crippen molar-refractivity contribution in [3.05, 3.63) is 86.0 Å². The van der Waals surface area contributed by atoms with E-state index in [1.54, 1.807) is 0 Å².